The first-order valence-corrected chi connectivity index (χ1v) is 10.3. The van der Waals surface area contributed by atoms with Gasteiger partial charge in [0, 0.05) is 26.2 Å². The molecule has 0 bridgehead atoms. The highest BCUT2D eigenvalue weighted by molar-refractivity contribution is 7.91. The van der Waals surface area contributed by atoms with Crippen molar-refractivity contribution in [1.82, 2.24) is 4.90 Å². The van der Waals surface area contributed by atoms with E-state index in [9.17, 15) is 13.2 Å². The van der Waals surface area contributed by atoms with Crippen LogP contribution in [0, 0.1) is 5.92 Å². The molecule has 2 heterocycles. The summed E-state index contributed by atoms with van der Waals surface area (Å²) in [4.78, 5) is 16.6. The van der Waals surface area contributed by atoms with Gasteiger partial charge in [-0.3, -0.25) is 4.79 Å². The van der Waals surface area contributed by atoms with E-state index in [0.717, 1.165) is 24.5 Å². The van der Waals surface area contributed by atoms with Crippen molar-refractivity contribution in [2.75, 3.05) is 49.2 Å². The number of carbonyl (C=O) groups is 1. The minimum absolute atomic E-state index is 0.00572. The second kappa shape index (κ2) is 7.01. The van der Waals surface area contributed by atoms with Gasteiger partial charge in [-0.25, -0.2) is 8.42 Å². The molecule has 7 heteroatoms. The lowest BCUT2D eigenvalue weighted by molar-refractivity contribution is -0.135. The van der Waals surface area contributed by atoms with Crippen LogP contribution in [0.5, 0.6) is 5.75 Å². The molecule has 0 aliphatic carbocycles. The zero-order chi connectivity index (χ0) is 17.2. The van der Waals surface area contributed by atoms with Crippen molar-refractivity contribution in [1.29, 1.82) is 0 Å². The number of rotatable bonds is 4. The molecule has 1 atom stereocenters. The van der Waals surface area contributed by atoms with E-state index in [1.807, 2.05) is 36.1 Å². The number of hydrogen-bond acceptors (Lipinski definition) is 5. The number of sulfone groups is 1. The van der Waals surface area contributed by atoms with Crippen LogP contribution in [0.15, 0.2) is 24.3 Å². The second-order valence-electron chi connectivity index (χ2n) is 6.31. The quantitative estimate of drug-likeness (QED) is 0.814. The summed E-state index contributed by atoms with van der Waals surface area (Å²) < 4.78 is 28.8. The molecule has 0 saturated carbocycles. The lowest BCUT2D eigenvalue weighted by atomic mass is 10.1. The molecule has 2 fully saturated rings. The Kier molecular flexibility index (Phi) is 4.99. The molecule has 1 amide bonds. The fraction of sp³-hybridized carbons (Fsp3) is 0.588. The van der Waals surface area contributed by atoms with E-state index in [2.05, 4.69) is 4.90 Å². The molecule has 132 valence electrons. The highest BCUT2D eigenvalue weighted by Gasteiger charge is 2.36. The van der Waals surface area contributed by atoms with E-state index in [-0.39, 0.29) is 23.3 Å². The van der Waals surface area contributed by atoms with Crippen molar-refractivity contribution in [3.05, 3.63) is 24.3 Å². The number of nitrogens with zero attached hydrogens (tertiary/aromatic N) is 2. The lowest BCUT2D eigenvalue weighted by Crippen LogP contribution is -2.50. The standard InChI is InChI=1S/C17H24N2O4S/c1-2-23-16-6-4-3-5-15(16)18-8-10-19(11-9-18)17(20)14-7-12-24(21,22)13-14/h3-6,14H,2,7-13H2,1H3/t14-/m0/s1. The van der Waals surface area contributed by atoms with Crippen LogP contribution in [-0.4, -0.2) is 63.5 Å². The molecule has 0 spiro atoms. The summed E-state index contributed by atoms with van der Waals surface area (Å²) in [5, 5.41) is 0. The number of para-hydroxylation sites is 2. The number of carbonyl (C=O) groups excluding carboxylic acids is 1. The van der Waals surface area contributed by atoms with Crippen LogP contribution in [-0.2, 0) is 14.6 Å². The SMILES string of the molecule is CCOc1ccccc1N1CCN(C(=O)[C@H]2CCS(=O)(=O)C2)CC1. The predicted molar refractivity (Wildman–Crippen MR) is 93.2 cm³/mol. The molecule has 2 aliphatic heterocycles. The van der Waals surface area contributed by atoms with Crippen LogP contribution in [0.2, 0.25) is 0 Å². The summed E-state index contributed by atoms with van der Waals surface area (Å²) in [7, 11) is -3.02. The molecular weight excluding hydrogens is 328 g/mol. The Labute approximate surface area is 143 Å². The summed E-state index contributed by atoms with van der Waals surface area (Å²) >= 11 is 0. The van der Waals surface area contributed by atoms with Gasteiger partial charge in [0.05, 0.1) is 29.7 Å². The summed E-state index contributed by atoms with van der Waals surface area (Å²) in [6.45, 7) is 5.28. The maximum Gasteiger partial charge on any atom is 0.226 e. The van der Waals surface area contributed by atoms with Gasteiger partial charge in [0.15, 0.2) is 9.84 Å². The Balaban J connectivity index is 1.61. The predicted octanol–water partition coefficient (Wildman–Crippen LogP) is 1.17. The van der Waals surface area contributed by atoms with Crippen molar-refractivity contribution in [2.24, 2.45) is 5.92 Å². The van der Waals surface area contributed by atoms with Gasteiger partial charge in [-0.2, -0.15) is 0 Å². The minimum Gasteiger partial charge on any atom is -0.492 e. The molecule has 0 aromatic heterocycles. The van der Waals surface area contributed by atoms with Gasteiger partial charge in [-0.05, 0) is 25.5 Å². The van der Waals surface area contributed by atoms with Crippen LogP contribution in [0.1, 0.15) is 13.3 Å². The molecule has 2 saturated heterocycles. The topological polar surface area (TPSA) is 66.9 Å². The van der Waals surface area contributed by atoms with E-state index in [4.69, 9.17) is 4.74 Å². The monoisotopic (exact) mass is 352 g/mol. The minimum atomic E-state index is -3.02. The molecular formula is C17H24N2O4S. The summed E-state index contributed by atoms with van der Waals surface area (Å²) in [5.74, 6) is 0.664. The summed E-state index contributed by atoms with van der Waals surface area (Å²) in [6, 6.07) is 7.93. The fourth-order valence-corrected chi connectivity index (χ4v) is 5.14. The largest absolute Gasteiger partial charge is 0.492 e. The number of anilines is 1. The van der Waals surface area contributed by atoms with Gasteiger partial charge >= 0.3 is 0 Å². The maximum atomic E-state index is 12.5. The molecule has 1 aromatic rings. The Hall–Kier alpha value is -1.76. The van der Waals surface area contributed by atoms with Gasteiger partial charge < -0.3 is 14.5 Å². The highest BCUT2D eigenvalue weighted by atomic mass is 32.2. The third kappa shape index (κ3) is 3.66. The van der Waals surface area contributed by atoms with Gasteiger partial charge in [-0.1, -0.05) is 12.1 Å². The molecule has 2 aliphatic rings. The van der Waals surface area contributed by atoms with Gasteiger partial charge in [0.25, 0.3) is 0 Å². The van der Waals surface area contributed by atoms with E-state index in [0.29, 0.717) is 26.1 Å². The Bertz CT molecular complexity index is 696. The van der Waals surface area contributed by atoms with Crippen LogP contribution < -0.4 is 9.64 Å². The van der Waals surface area contributed by atoms with Crippen molar-refractivity contribution in [2.45, 2.75) is 13.3 Å². The van der Waals surface area contributed by atoms with Gasteiger partial charge in [0.1, 0.15) is 5.75 Å². The molecule has 0 N–H and O–H groups in total. The highest BCUT2D eigenvalue weighted by Crippen LogP contribution is 2.29. The first kappa shape index (κ1) is 17.1. The number of benzene rings is 1. The molecule has 6 nitrogen and oxygen atoms in total. The Morgan fingerprint density at radius 3 is 2.54 bits per heavy atom. The molecule has 24 heavy (non-hydrogen) atoms. The lowest BCUT2D eigenvalue weighted by Gasteiger charge is -2.37. The van der Waals surface area contributed by atoms with E-state index in [1.165, 1.54) is 0 Å². The first-order valence-electron chi connectivity index (χ1n) is 8.46. The van der Waals surface area contributed by atoms with Crippen molar-refractivity contribution in [3.8, 4) is 5.75 Å². The maximum absolute atomic E-state index is 12.5. The molecule has 3 rings (SSSR count). The van der Waals surface area contributed by atoms with Gasteiger partial charge in [-0.15, -0.1) is 0 Å². The summed E-state index contributed by atoms with van der Waals surface area (Å²) in [6.07, 6.45) is 0.467. The van der Waals surface area contributed by atoms with Crippen LogP contribution >= 0.6 is 0 Å². The number of ether oxygens (including phenoxy) is 1. The van der Waals surface area contributed by atoms with Crippen LogP contribution in [0.3, 0.4) is 0 Å². The van der Waals surface area contributed by atoms with Crippen LogP contribution in [0.4, 0.5) is 5.69 Å². The third-order valence-electron chi connectivity index (χ3n) is 4.68. The zero-order valence-corrected chi connectivity index (χ0v) is 14.8. The zero-order valence-electron chi connectivity index (χ0n) is 14.0. The molecule has 0 unspecified atom stereocenters. The summed E-state index contributed by atoms with van der Waals surface area (Å²) in [5.41, 5.74) is 1.05. The fourth-order valence-electron chi connectivity index (χ4n) is 3.41. The molecule has 0 radical (unpaired) electrons. The normalized spacial score (nSPS) is 23.3. The van der Waals surface area contributed by atoms with Crippen LogP contribution in [0.25, 0.3) is 0 Å². The molecule has 1 aromatic carbocycles. The second-order valence-corrected chi connectivity index (χ2v) is 8.54. The average molecular weight is 352 g/mol. The van der Waals surface area contributed by atoms with E-state index < -0.39 is 9.84 Å². The van der Waals surface area contributed by atoms with Crippen molar-refractivity contribution in [3.63, 3.8) is 0 Å². The number of hydrogen-bond donors (Lipinski definition) is 0. The first-order chi connectivity index (χ1) is 11.5. The van der Waals surface area contributed by atoms with E-state index >= 15 is 0 Å². The number of piperazine rings is 1. The van der Waals surface area contributed by atoms with Gasteiger partial charge in [0.2, 0.25) is 5.91 Å². The third-order valence-corrected chi connectivity index (χ3v) is 6.45. The average Bonchev–Trinajstić information content (AvgIpc) is 2.95. The van der Waals surface area contributed by atoms with E-state index in [1.54, 1.807) is 0 Å². The Morgan fingerprint density at radius 2 is 1.92 bits per heavy atom. The van der Waals surface area contributed by atoms with Crippen molar-refractivity contribution >= 4 is 21.4 Å². The smallest absolute Gasteiger partial charge is 0.226 e. The van der Waals surface area contributed by atoms with Crippen molar-refractivity contribution < 1.29 is 17.9 Å². The Morgan fingerprint density at radius 1 is 1.21 bits per heavy atom. The number of amides is 1.